The van der Waals surface area contributed by atoms with Crippen molar-refractivity contribution in [3.8, 4) is 11.6 Å². The number of carbonyl (C=O) groups excluding carboxylic acids is 1. The molecule has 1 aliphatic rings. The van der Waals surface area contributed by atoms with Crippen molar-refractivity contribution in [2.45, 2.75) is 6.54 Å². The predicted molar refractivity (Wildman–Crippen MR) is 102 cm³/mol. The highest BCUT2D eigenvalue weighted by Gasteiger charge is 2.25. The quantitative estimate of drug-likeness (QED) is 0.684. The van der Waals surface area contributed by atoms with Crippen LogP contribution in [-0.4, -0.2) is 22.7 Å². The fraction of sp³-hybridized carbons (Fsp3) is 0.105. The molecule has 0 aliphatic carbocycles. The Hall–Kier alpha value is -2.84. The molecular formula is C19H13FN2O3S2. The second-order valence-corrected chi connectivity index (χ2v) is 7.55. The molecule has 3 aromatic rings. The van der Waals surface area contributed by atoms with E-state index in [-0.39, 0.29) is 11.5 Å². The largest absolute Gasteiger partial charge is 0.497 e. The normalized spacial score (nSPS) is 12.8. The first kappa shape index (κ1) is 17.6. The third-order valence-electron chi connectivity index (χ3n) is 4.26. The first-order valence-corrected chi connectivity index (χ1v) is 9.19. The van der Waals surface area contributed by atoms with E-state index in [9.17, 15) is 14.3 Å². The van der Waals surface area contributed by atoms with E-state index in [0.29, 0.717) is 26.0 Å². The van der Waals surface area contributed by atoms with Crippen molar-refractivity contribution < 1.29 is 19.0 Å². The first-order chi connectivity index (χ1) is 13.0. The third kappa shape index (κ3) is 3.07. The van der Waals surface area contributed by atoms with Gasteiger partial charge >= 0.3 is 0 Å². The van der Waals surface area contributed by atoms with Crippen LogP contribution in [0.15, 0.2) is 47.5 Å². The van der Waals surface area contributed by atoms with Gasteiger partial charge in [0.2, 0.25) is 5.88 Å². The Balaban J connectivity index is 1.82. The molecule has 1 N–H and O–H groups in total. The Labute approximate surface area is 162 Å². The molecule has 1 amide bonds. The molecule has 5 nitrogen and oxygen atoms in total. The number of aromatic hydroxyl groups is 1. The van der Waals surface area contributed by atoms with Crippen LogP contribution in [0.1, 0.15) is 10.4 Å². The summed E-state index contributed by atoms with van der Waals surface area (Å²) in [4.78, 5) is 16.6. The molecule has 0 bridgehead atoms. The zero-order valence-electron chi connectivity index (χ0n) is 14.1. The lowest BCUT2D eigenvalue weighted by molar-refractivity contribution is -0.112. The first-order valence-electron chi connectivity index (χ1n) is 7.97. The summed E-state index contributed by atoms with van der Waals surface area (Å²) in [5, 5.41) is 11.5. The van der Waals surface area contributed by atoms with Crippen LogP contribution in [-0.2, 0) is 11.3 Å². The van der Waals surface area contributed by atoms with Gasteiger partial charge < -0.3 is 9.84 Å². The number of benzene rings is 2. The van der Waals surface area contributed by atoms with Gasteiger partial charge in [-0.15, -0.1) is 11.3 Å². The van der Waals surface area contributed by atoms with E-state index in [2.05, 4.69) is 4.99 Å². The molecule has 0 atom stereocenters. The van der Waals surface area contributed by atoms with Crippen LogP contribution >= 0.6 is 23.6 Å². The maximum absolute atomic E-state index is 13.7. The van der Waals surface area contributed by atoms with E-state index in [4.69, 9.17) is 17.0 Å². The zero-order chi connectivity index (χ0) is 19.1. The standard InChI is InChI=1S/C19H13FN2O3S2/c1-25-12-5-2-10(3-6-12)9-22-18(24)16(27-19(22)26)15-13-8-11(20)4-7-14(13)21-17(15)23/h2-8,24H,9H2,1H3. The van der Waals surface area contributed by atoms with Crippen molar-refractivity contribution in [1.29, 1.82) is 0 Å². The number of ether oxygens (including phenoxy) is 1. The minimum atomic E-state index is -0.515. The lowest BCUT2D eigenvalue weighted by Crippen LogP contribution is -2.23. The minimum absolute atomic E-state index is 0.128. The molecule has 1 aliphatic heterocycles. The molecule has 2 aromatic carbocycles. The summed E-state index contributed by atoms with van der Waals surface area (Å²) >= 11 is 6.48. The summed E-state index contributed by atoms with van der Waals surface area (Å²) in [7, 11) is 1.59. The molecule has 0 unspecified atom stereocenters. The van der Waals surface area contributed by atoms with Crippen molar-refractivity contribution in [3.05, 3.63) is 73.3 Å². The highest BCUT2D eigenvalue weighted by molar-refractivity contribution is 7.73. The molecule has 0 radical (unpaired) electrons. The lowest BCUT2D eigenvalue weighted by atomic mass is 10.1. The van der Waals surface area contributed by atoms with Gasteiger partial charge in [-0.05, 0) is 48.1 Å². The van der Waals surface area contributed by atoms with E-state index in [1.165, 1.54) is 22.8 Å². The van der Waals surface area contributed by atoms with Crippen LogP contribution in [0.3, 0.4) is 0 Å². The molecule has 4 rings (SSSR count). The second kappa shape index (κ2) is 6.71. The average Bonchev–Trinajstić information content (AvgIpc) is 3.12. The summed E-state index contributed by atoms with van der Waals surface area (Å²) in [5.41, 5.74) is 1.08. The number of hydrogen-bond donors (Lipinski definition) is 1. The van der Waals surface area contributed by atoms with Gasteiger partial charge in [0, 0.05) is 5.22 Å². The van der Waals surface area contributed by atoms with E-state index >= 15 is 0 Å². The molecule has 136 valence electrons. The molecule has 0 saturated carbocycles. The SMILES string of the molecule is COc1ccc(Cn2c(O)c(C3=c4cc(F)ccc4=NC3=O)sc2=S)cc1. The van der Waals surface area contributed by atoms with Crippen molar-refractivity contribution in [2.75, 3.05) is 7.11 Å². The van der Waals surface area contributed by atoms with Gasteiger partial charge in [0.1, 0.15) is 16.4 Å². The summed E-state index contributed by atoms with van der Waals surface area (Å²) in [6, 6.07) is 11.3. The summed E-state index contributed by atoms with van der Waals surface area (Å²) in [5.74, 6) is -0.392. The van der Waals surface area contributed by atoms with Gasteiger partial charge in [0.05, 0.1) is 24.6 Å². The Morgan fingerprint density at radius 3 is 2.70 bits per heavy atom. The summed E-state index contributed by atoms with van der Waals surface area (Å²) in [6.45, 7) is 0.333. The monoisotopic (exact) mass is 400 g/mol. The molecule has 2 heterocycles. The number of methoxy groups -OCH3 is 1. The fourth-order valence-electron chi connectivity index (χ4n) is 2.92. The number of rotatable bonds is 4. The molecule has 8 heteroatoms. The number of nitrogens with zero attached hydrogens (tertiary/aromatic N) is 2. The number of thiazole rings is 1. The van der Waals surface area contributed by atoms with Crippen LogP contribution in [0.2, 0.25) is 0 Å². The minimum Gasteiger partial charge on any atom is -0.497 e. The molecule has 0 spiro atoms. The van der Waals surface area contributed by atoms with Crippen molar-refractivity contribution in [1.82, 2.24) is 4.57 Å². The summed E-state index contributed by atoms with van der Waals surface area (Å²) < 4.78 is 20.7. The lowest BCUT2D eigenvalue weighted by Gasteiger charge is -2.07. The molecule has 1 aromatic heterocycles. The van der Waals surface area contributed by atoms with Gasteiger partial charge in [-0.1, -0.05) is 12.1 Å². The van der Waals surface area contributed by atoms with Crippen molar-refractivity contribution >= 4 is 35.0 Å². The van der Waals surface area contributed by atoms with Crippen LogP contribution in [0.25, 0.3) is 5.57 Å². The summed E-state index contributed by atoms with van der Waals surface area (Å²) in [6.07, 6.45) is 0. The molecular weight excluding hydrogens is 387 g/mol. The van der Waals surface area contributed by atoms with E-state index in [1.807, 2.05) is 24.3 Å². The third-order valence-corrected chi connectivity index (χ3v) is 5.72. The van der Waals surface area contributed by atoms with E-state index < -0.39 is 11.7 Å². The van der Waals surface area contributed by atoms with Gasteiger partial charge in [-0.2, -0.15) is 0 Å². The number of carbonyl (C=O) groups is 1. The van der Waals surface area contributed by atoms with E-state index in [1.54, 1.807) is 7.11 Å². The van der Waals surface area contributed by atoms with E-state index in [0.717, 1.165) is 22.6 Å². The number of hydrogen-bond acceptors (Lipinski definition) is 5. The van der Waals surface area contributed by atoms with Crippen LogP contribution in [0.5, 0.6) is 11.6 Å². The Morgan fingerprint density at radius 2 is 2.00 bits per heavy atom. The number of aromatic nitrogens is 1. The smallest absolute Gasteiger partial charge is 0.279 e. The maximum Gasteiger partial charge on any atom is 0.279 e. The molecule has 27 heavy (non-hydrogen) atoms. The number of fused-ring (bicyclic) bond motifs is 1. The maximum atomic E-state index is 13.7. The van der Waals surface area contributed by atoms with Crippen molar-refractivity contribution in [3.63, 3.8) is 0 Å². The fourth-order valence-corrected chi connectivity index (χ4v) is 4.26. The van der Waals surface area contributed by atoms with Gasteiger partial charge in [0.15, 0.2) is 3.95 Å². The predicted octanol–water partition coefficient (Wildman–Crippen LogP) is 2.54. The second-order valence-electron chi connectivity index (χ2n) is 5.91. The topological polar surface area (TPSA) is 63.8 Å². The van der Waals surface area contributed by atoms with Crippen LogP contribution in [0.4, 0.5) is 4.39 Å². The number of halogens is 1. The zero-order valence-corrected chi connectivity index (χ0v) is 15.7. The Bertz CT molecular complexity index is 1240. The van der Waals surface area contributed by atoms with Crippen LogP contribution in [0, 0.1) is 9.77 Å². The van der Waals surface area contributed by atoms with Gasteiger partial charge in [0.25, 0.3) is 5.91 Å². The highest BCUT2D eigenvalue weighted by Crippen LogP contribution is 2.33. The van der Waals surface area contributed by atoms with Gasteiger partial charge in [-0.25, -0.2) is 9.38 Å². The van der Waals surface area contributed by atoms with Crippen molar-refractivity contribution in [2.24, 2.45) is 4.99 Å². The molecule has 0 saturated heterocycles. The van der Waals surface area contributed by atoms with Gasteiger partial charge in [-0.3, -0.25) is 9.36 Å². The Morgan fingerprint density at radius 1 is 1.26 bits per heavy atom. The highest BCUT2D eigenvalue weighted by atomic mass is 32.1. The number of amides is 1. The Kier molecular flexibility index (Phi) is 4.37. The average molecular weight is 400 g/mol. The molecule has 0 fully saturated rings. The van der Waals surface area contributed by atoms with Crippen LogP contribution < -0.4 is 15.3 Å².